The lowest BCUT2D eigenvalue weighted by Crippen LogP contribution is -2.39. The van der Waals surface area contributed by atoms with E-state index in [1.165, 1.54) is 6.42 Å². The van der Waals surface area contributed by atoms with Gasteiger partial charge in [0.2, 0.25) is 11.8 Å². The van der Waals surface area contributed by atoms with Crippen LogP contribution in [0.1, 0.15) is 25.7 Å². The van der Waals surface area contributed by atoms with Crippen molar-refractivity contribution in [3.05, 3.63) is 47.4 Å². The van der Waals surface area contributed by atoms with Gasteiger partial charge in [-0.2, -0.15) is 4.98 Å². The monoisotopic (exact) mass is 403 g/mol. The summed E-state index contributed by atoms with van der Waals surface area (Å²) in [5, 5.41) is 3.88. The van der Waals surface area contributed by atoms with Crippen molar-refractivity contribution in [2.45, 2.75) is 37.8 Å². The standard InChI is InChI=1S/C20H26ClN5O2/c21-18-10-23-20(25-19(18)28-17-11-27-12-17)24-15-5-3-4-14(8-15)9-16-6-1-2-7-26(16)13-22/h1-2,6-7,9-10,14-15,17H,3-5,8,11-13,22H2,(H,23,24,25)/b16-9-/t14-,15+/m0/s1. The van der Waals surface area contributed by atoms with E-state index in [4.69, 9.17) is 26.8 Å². The second kappa shape index (κ2) is 8.94. The molecule has 8 heteroatoms. The minimum Gasteiger partial charge on any atom is -0.468 e. The van der Waals surface area contributed by atoms with E-state index in [1.807, 2.05) is 18.4 Å². The molecule has 3 N–H and O–H groups in total. The molecule has 1 saturated carbocycles. The Morgan fingerprint density at radius 1 is 1.36 bits per heavy atom. The fourth-order valence-corrected chi connectivity index (χ4v) is 3.82. The first-order valence-electron chi connectivity index (χ1n) is 9.78. The number of hydrogen-bond acceptors (Lipinski definition) is 7. The molecule has 0 amide bonds. The molecule has 0 bridgehead atoms. The number of allylic oxidation sites excluding steroid dienone is 4. The third kappa shape index (κ3) is 4.66. The van der Waals surface area contributed by atoms with Crippen molar-refractivity contribution in [1.82, 2.24) is 14.9 Å². The fraction of sp³-hybridized carbons (Fsp3) is 0.500. The Balaban J connectivity index is 1.39. The van der Waals surface area contributed by atoms with Crippen LogP contribution in [0.3, 0.4) is 0 Å². The van der Waals surface area contributed by atoms with E-state index in [1.54, 1.807) is 6.20 Å². The van der Waals surface area contributed by atoms with Crippen molar-refractivity contribution in [3.63, 3.8) is 0 Å². The Labute approximate surface area is 170 Å². The molecule has 0 spiro atoms. The molecule has 1 aromatic rings. The highest BCUT2D eigenvalue weighted by Gasteiger charge is 2.24. The van der Waals surface area contributed by atoms with Crippen LogP contribution in [0.15, 0.2) is 42.4 Å². The molecular formula is C20H26ClN5O2. The van der Waals surface area contributed by atoms with Crippen LogP contribution in [-0.4, -0.2) is 46.9 Å². The summed E-state index contributed by atoms with van der Waals surface area (Å²) in [6.45, 7) is 1.63. The fourth-order valence-electron chi connectivity index (χ4n) is 3.68. The third-order valence-electron chi connectivity index (χ3n) is 5.22. The van der Waals surface area contributed by atoms with Gasteiger partial charge in [-0.05, 0) is 37.3 Å². The first kappa shape index (κ1) is 19.2. The van der Waals surface area contributed by atoms with Gasteiger partial charge in [-0.3, -0.25) is 0 Å². The van der Waals surface area contributed by atoms with Crippen LogP contribution in [0, 0.1) is 5.92 Å². The van der Waals surface area contributed by atoms with E-state index in [0.29, 0.717) is 48.7 Å². The molecule has 1 aliphatic carbocycles. The SMILES string of the molecule is NCN1C=CC=C/C1=C/[C@H]1CCC[C@@H](Nc2ncc(Cl)c(OC3COC3)n2)C1. The lowest BCUT2D eigenvalue weighted by atomic mass is 9.85. The predicted octanol–water partition coefficient (Wildman–Crippen LogP) is 3.06. The molecule has 2 atom stereocenters. The summed E-state index contributed by atoms with van der Waals surface area (Å²) in [6, 6.07) is 0.311. The Morgan fingerprint density at radius 2 is 2.25 bits per heavy atom. The Hall–Kier alpha value is -2.09. The van der Waals surface area contributed by atoms with Crippen LogP contribution in [0.5, 0.6) is 5.88 Å². The molecule has 3 aliphatic rings. The first-order chi connectivity index (χ1) is 13.7. The highest BCUT2D eigenvalue weighted by Crippen LogP contribution is 2.30. The Bertz CT molecular complexity index is 778. The van der Waals surface area contributed by atoms with Crippen molar-refractivity contribution in [1.29, 1.82) is 0 Å². The van der Waals surface area contributed by atoms with Crippen LogP contribution in [0.25, 0.3) is 0 Å². The molecule has 4 rings (SSSR count). The topological polar surface area (TPSA) is 85.5 Å². The number of rotatable bonds is 6. The van der Waals surface area contributed by atoms with Gasteiger partial charge in [-0.25, -0.2) is 4.98 Å². The molecule has 1 saturated heterocycles. The van der Waals surface area contributed by atoms with Crippen molar-refractivity contribution in [2.24, 2.45) is 11.7 Å². The number of hydrogen-bond donors (Lipinski definition) is 2. The molecule has 28 heavy (non-hydrogen) atoms. The second-order valence-electron chi connectivity index (χ2n) is 7.34. The van der Waals surface area contributed by atoms with Crippen molar-refractivity contribution in [2.75, 3.05) is 25.2 Å². The van der Waals surface area contributed by atoms with Gasteiger partial charge in [0.15, 0.2) is 0 Å². The summed E-state index contributed by atoms with van der Waals surface area (Å²) in [6.07, 6.45) is 16.6. The maximum absolute atomic E-state index is 6.17. The first-order valence-corrected chi connectivity index (χ1v) is 10.2. The zero-order chi connectivity index (χ0) is 19.3. The van der Waals surface area contributed by atoms with Gasteiger partial charge < -0.3 is 25.4 Å². The van der Waals surface area contributed by atoms with Gasteiger partial charge in [0.1, 0.15) is 11.1 Å². The quantitative estimate of drug-likeness (QED) is 0.754. The van der Waals surface area contributed by atoms with Gasteiger partial charge >= 0.3 is 0 Å². The molecule has 0 aromatic carbocycles. The van der Waals surface area contributed by atoms with Gasteiger partial charge in [-0.15, -0.1) is 0 Å². The predicted molar refractivity (Wildman–Crippen MR) is 109 cm³/mol. The molecule has 2 fully saturated rings. The average molecular weight is 404 g/mol. The minimum absolute atomic E-state index is 0.0222. The highest BCUT2D eigenvalue weighted by atomic mass is 35.5. The Kier molecular flexibility index (Phi) is 6.14. The van der Waals surface area contributed by atoms with E-state index >= 15 is 0 Å². The van der Waals surface area contributed by atoms with Crippen LogP contribution in [-0.2, 0) is 4.74 Å². The zero-order valence-corrected chi connectivity index (χ0v) is 16.5. The highest BCUT2D eigenvalue weighted by molar-refractivity contribution is 6.31. The van der Waals surface area contributed by atoms with E-state index in [9.17, 15) is 0 Å². The normalized spacial score (nSPS) is 26.4. The van der Waals surface area contributed by atoms with Gasteiger partial charge in [0.05, 0.1) is 26.1 Å². The summed E-state index contributed by atoms with van der Waals surface area (Å²) in [4.78, 5) is 10.8. The van der Waals surface area contributed by atoms with Gasteiger partial charge in [0, 0.05) is 17.9 Å². The van der Waals surface area contributed by atoms with E-state index in [2.05, 4.69) is 32.3 Å². The van der Waals surface area contributed by atoms with Crippen molar-refractivity contribution >= 4 is 17.5 Å². The van der Waals surface area contributed by atoms with Crippen LogP contribution in [0.2, 0.25) is 5.02 Å². The average Bonchev–Trinajstić information content (AvgIpc) is 2.68. The number of halogens is 1. The summed E-state index contributed by atoms with van der Waals surface area (Å²) >= 11 is 6.17. The van der Waals surface area contributed by atoms with Crippen molar-refractivity contribution in [3.8, 4) is 5.88 Å². The van der Waals surface area contributed by atoms with E-state index in [-0.39, 0.29) is 6.10 Å². The summed E-state index contributed by atoms with van der Waals surface area (Å²) in [5.41, 5.74) is 7.01. The lowest BCUT2D eigenvalue weighted by molar-refractivity contribution is -0.0812. The van der Waals surface area contributed by atoms with Crippen LogP contribution < -0.4 is 15.8 Å². The lowest BCUT2D eigenvalue weighted by Gasteiger charge is -2.30. The molecule has 7 nitrogen and oxygen atoms in total. The second-order valence-corrected chi connectivity index (χ2v) is 7.74. The van der Waals surface area contributed by atoms with Gasteiger partial charge in [-0.1, -0.05) is 30.2 Å². The molecule has 3 heterocycles. The Morgan fingerprint density at radius 3 is 3.04 bits per heavy atom. The number of ether oxygens (including phenoxy) is 2. The number of anilines is 1. The number of aromatic nitrogens is 2. The van der Waals surface area contributed by atoms with Gasteiger partial charge in [0.25, 0.3) is 0 Å². The smallest absolute Gasteiger partial charge is 0.237 e. The maximum atomic E-state index is 6.17. The largest absolute Gasteiger partial charge is 0.468 e. The van der Waals surface area contributed by atoms with E-state index < -0.39 is 0 Å². The third-order valence-corrected chi connectivity index (χ3v) is 5.48. The number of nitrogens with two attached hydrogens (primary N) is 1. The van der Waals surface area contributed by atoms with Crippen LogP contribution >= 0.6 is 11.6 Å². The molecule has 2 aliphatic heterocycles. The summed E-state index contributed by atoms with van der Waals surface area (Å²) in [5.74, 6) is 1.46. The molecule has 0 radical (unpaired) electrons. The van der Waals surface area contributed by atoms with E-state index in [0.717, 1.165) is 25.0 Å². The summed E-state index contributed by atoms with van der Waals surface area (Å²) in [7, 11) is 0. The number of nitrogens with one attached hydrogen (secondary N) is 1. The zero-order valence-electron chi connectivity index (χ0n) is 15.8. The maximum Gasteiger partial charge on any atom is 0.237 e. The molecule has 1 aromatic heterocycles. The minimum atomic E-state index is 0.0222. The van der Waals surface area contributed by atoms with Crippen LogP contribution in [0.4, 0.5) is 5.95 Å². The molecule has 0 unspecified atom stereocenters. The number of nitrogens with zero attached hydrogens (tertiary/aromatic N) is 3. The molecule has 150 valence electrons. The molecular weight excluding hydrogens is 378 g/mol. The summed E-state index contributed by atoms with van der Waals surface area (Å²) < 4.78 is 10.9. The van der Waals surface area contributed by atoms with Crippen molar-refractivity contribution < 1.29 is 9.47 Å².